The molecule has 4 rings (SSSR count). The molecule has 0 N–H and O–H groups in total. The van der Waals surface area contributed by atoms with Gasteiger partial charge in [-0.25, -0.2) is 0 Å². The first-order valence-corrected chi connectivity index (χ1v) is 13.1. The minimum Gasteiger partial charge on any atom is -0.339 e. The Morgan fingerprint density at radius 1 is 0.771 bits per heavy atom. The zero-order valence-electron chi connectivity index (χ0n) is 21.7. The number of nitrogens with zero attached hydrogens (tertiary/aromatic N) is 2. The Balaban J connectivity index is 1.43. The molecule has 4 atom stereocenters. The average Bonchev–Trinajstić information content (AvgIpc) is 2.92. The van der Waals surface area contributed by atoms with Gasteiger partial charge in [0.1, 0.15) is 0 Å². The Hall–Kier alpha value is -2.91. The summed E-state index contributed by atoms with van der Waals surface area (Å²) in [5, 5.41) is 0. The van der Waals surface area contributed by atoms with E-state index < -0.39 is 0 Å². The molecule has 1 unspecified atom stereocenters. The minimum atomic E-state index is 0.0616. The topological polar surface area (TPSA) is 23.6 Å². The van der Waals surface area contributed by atoms with Crippen molar-refractivity contribution in [1.82, 2.24) is 9.80 Å². The van der Waals surface area contributed by atoms with Crippen molar-refractivity contribution in [2.24, 2.45) is 5.92 Å². The maximum absolute atomic E-state index is 13.6. The van der Waals surface area contributed by atoms with Gasteiger partial charge in [-0.3, -0.25) is 9.69 Å². The highest BCUT2D eigenvalue weighted by Gasteiger charge is 2.35. The molecule has 0 spiro atoms. The lowest BCUT2D eigenvalue weighted by Crippen LogP contribution is -2.38. The third-order valence-electron chi connectivity index (χ3n) is 8.08. The van der Waals surface area contributed by atoms with Crippen molar-refractivity contribution in [2.45, 2.75) is 64.1 Å². The summed E-state index contributed by atoms with van der Waals surface area (Å²) in [6.07, 6.45) is 4.41. The number of rotatable bonds is 8. The fourth-order valence-corrected chi connectivity index (χ4v) is 5.51. The van der Waals surface area contributed by atoms with Gasteiger partial charge in [-0.05, 0) is 61.9 Å². The summed E-state index contributed by atoms with van der Waals surface area (Å²) in [6.45, 7) is 5.29. The lowest BCUT2D eigenvalue weighted by Gasteiger charge is -2.36. The first-order chi connectivity index (χ1) is 17.0. The highest BCUT2D eigenvalue weighted by molar-refractivity contribution is 5.80. The fourth-order valence-electron chi connectivity index (χ4n) is 5.51. The maximum Gasteiger partial charge on any atom is 0.226 e. The van der Waals surface area contributed by atoms with Crippen LogP contribution >= 0.6 is 0 Å². The Morgan fingerprint density at radius 3 is 1.91 bits per heavy atom. The van der Waals surface area contributed by atoms with Crippen LogP contribution in [0.5, 0.6) is 0 Å². The minimum absolute atomic E-state index is 0.0616. The second-order valence-electron chi connectivity index (χ2n) is 10.3. The number of carbonyl (C=O) groups is 1. The summed E-state index contributed by atoms with van der Waals surface area (Å²) in [6, 6.07) is 30.5. The SMILES string of the molecule is CC(c1ccccc1)N(C)Cc1ccc([C@H]2CCCC[C@@H]2C(=O)N(C)[C@@H](C)c2ccccc2)cc1. The van der Waals surface area contributed by atoms with Crippen molar-refractivity contribution < 1.29 is 4.79 Å². The van der Waals surface area contributed by atoms with E-state index in [1.807, 2.05) is 30.1 Å². The van der Waals surface area contributed by atoms with Crippen LogP contribution in [-0.2, 0) is 11.3 Å². The first kappa shape index (κ1) is 25.2. The third kappa shape index (κ3) is 6.02. The first-order valence-electron chi connectivity index (χ1n) is 13.1. The molecule has 0 aliphatic heterocycles. The van der Waals surface area contributed by atoms with Gasteiger partial charge in [0.25, 0.3) is 0 Å². The Kier molecular flexibility index (Phi) is 8.41. The summed E-state index contributed by atoms with van der Waals surface area (Å²) in [7, 11) is 4.16. The van der Waals surface area contributed by atoms with E-state index in [0.29, 0.717) is 12.0 Å². The summed E-state index contributed by atoms with van der Waals surface area (Å²) < 4.78 is 0. The van der Waals surface area contributed by atoms with Gasteiger partial charge in [0, 0.05) is 25.6 Å². The van der Waals surface area contributed by atoms with Crippen molar-refractivity contribution in [2.75, 3.05) is 14.1 Å². The fraction of sp³-hybridized carbons (Fsp3) is 0.406. The monoisotopic (exact) mass is 468 g/mol. The predicted octanol–water partition coefficient (Wildman–Crippen LogP) is 7.37. The van der Waals surface area contributed by atoms with E-state index in [2.05, 4.69) is 92.5 Å². The normalized spacial score (nSPS) is 19.8. The molecule has 0 aromatic heterocycles. The summed E-state index contributed by atoms with van der Waals surface area (Å²) in [4.78, 5) is 18.0. The molecule has 1 saturated carbocycles. The molecule has 184 valence electrons. The van der Waals surface area contributed by atoms with E-state index >= 15 is 0 Å². The van der Waals surface area contributed by atoms with Crippen molar-refractivity contribution in [3.8, 4) is 0 Å². The number of carbonyl (C=O) groups excluding carboxylic acids is 1. The standard InChI is InChI=1S/C32H40N2O/c1-24(27-13-7-5-8-14-27)33(3)23-26-19-21-29(22-20-26)30-17-11-12-18-31(30)32(35)34(4)25(2)28-15-9-6-10-16-28/h5-10,13-16,19-22,24-25,30-31H,11-12,17-18,23H2,1-4H3/t24?,25-,30+,31-/m0/s1. The third-order valence-corrected chi connectivity index (χ3v) is 8.08. The maximum atomic E-state index is 13.6. The van der Waals surface area contributed by atoms with Crippen molar-refractivity contribution in [1.29, 1.82) is 0 Å². The zero-order chi connectivity index (χ0) is 24.8. The van der Waals surface area contributed by atoms with Crippen molar-refractivity contribution >= 4 is 5.91 Å². The predicted molar refractivity (Wildman–Crippen MR) is 145 cm³/mol. The van der Waals surface area contributed by atoms with Gasteiger partial charge in [0.2, 0.25) is 5.91 Å². The van der Waals surface area contributed by atoms with E-state index in [1.54, 1.807) is 0 Å². The molecular weight excluding hydrogens is 428 g/mol. The molecular formula is C32H40N2O. The molecule has 0 saturated heterocycles. The van der Waals surface area contributed by atoms with Crippen LogP contribution in [0, 0.1) is 5.92 Å². The molecule has 3 aromatic carbocycles. The summed E-state index contributed by atoms with van der Waals surface area (Å²) in [5.41, 5.74) is 5.15. The lowest BCUT2D eigenvalue weighted by atomic mass is 9.74. The van der Waals surface area contributed by atoms with Gasteiger partial charge in [-0.15, -0.1) is 0 Å². The Bertz CT molecular complexity index is 1060. The number of hydrogen-bond acceptors (Lipinski definition) is 2. The molecule has 3 aromatic rings. The summed E-state index contributed by atoms with van der Waals surface area (Å²) in [5.74, 6) is 0.648. The molecule has 35 heavy (non-hydrogen) atoms. The van der Waals surface area contributed by atoms with Gasteiger partial charge < -0.3 is 4.90 Å². The molecule has 0 heterocycles. The van der Waals surface area contributed by atoms with Crippen molar-refractivity contribution in [3.05, 3.63) is 107 Å². The average molecular weight is 469 g/mol. The largest absolute Gasteiger partial charge is 0.339 e. The Labute approximate surface area is 211 Å². The van der Waals surface area contributed by atoms with Gasteiger partial charge in [0.05, 0.1) is 6.04 Å². The van der Waals surface area contributed by atoms with Crippen LogP contribution in [0.4, 0.5) is 0 Å². The zero-order valence-corrected chi connectivity index (χ0v) is 21.7. The Morgan fingerprint density at radius 2 is 1.31 bits per heavy atom. The van der Waals surface area contributed by atoms with Crippen LogP contribution < -0.4 is 0 Å². The van der Waals surface area contributed by atoms with Gasteiger partial charge in [-0.2, -0.15) is 0 Å². The molecule has 1 aliphatic rings. The second kappa shape index (κ2) is 11.7. The smallest absolute Gasteiger partial charge is 0.226 e. The van der Waals surface area contributed by atoms with E-state index in [1.165, 1.54) is 28.7 Å². The van der Waals surface area contributed by atoms with Crippen LogP contribution in [0.25, 0.3) is 0 Å². The molecule has 1 amide bonds. The molecule has 3 heteroatoms. The van der Waals surface area contributed by atoms with Gasteiger partial charge in [-0.1, -0.05) is 97.8 Å². The lowest BCUT2D eigenvalue weighted by molar-refractivity contribution is -0.137. The van der Waals surface area contributed by atoms with Gasteiger partial charge in [0.15, 0.2) is 0 Å². The van der Waals surface area contributed by atoms with Gasteiger partial charge >= 0.3 is 0 Å². The number of hydrogen-bond donors (Lipinski definition) is 0. The highest BCUT2D eigenvalue weighted by Crippen LogP contribution is 2.40. The molecule has 3 nitrogen and oxygen atoms in total. The molecule has 0 bridgehead atoms. The van der Waals surface area contributed by atoms with Crippen LogP contribution in [0.15, 0.2) is 84.9 Å². The molecule has 0 radical (unpaired) electrons. The quantitative estimate of drug-likeness (QED) is 0.344. The van der Waals surface area contributed by atoms with Crippen molar-refractivity contribution in [3.63, 3.8) is 0 Å². The van der Waals surface area contributed by atoms with Crippen LogP contribution in [0.2, 0.25) is 0 Å². The van der Waals surface area contributed by atoms with E-state index in [0.717, 1.165) is 25.8 Å². The molecule has 1 aliphatic carbocycles. The van der Waals surface area contributed by atoms with Crippen LogP contribution in [0.3, 0.4) is 0 Å². The van der Waals surface area contributed by atoms with E-state index in [4.69, 9.17) is 0 Å². The number of benzene rings is 3. The highest BCUT2D eigenvalue weighted by atomic mass is 16.2. The number of amides is 1. The van der Waals surface area contributed by atoms with Crippen LogP contribution in [0.1, 0.15) is 79.8 Å². The summed E-state index contributed by atoms with van der Waals surface area (Å²) >= 11 is 0. The van der Waals surface area contributed by atoms with E-state index in [-0.39, 0.29) is 17.9 Å². The molecule has 1 fully saturated rings. The second-order valence-corrected chi connectivity index (χ2v) is 10.3. The van der Waals surface area contributed by atoms with Crippen LogP contribution in [-0.4, -0.2) is 29.8 Å². The van der Waals surface area contributed by atoms with E-state index in [9.17, 15) is 4.79 Å².